The predicted molar refractivity (Wildman–Crippen MR) is 71.7 cm³/mol. The number of esters is 1. The third kappa shape index (κ3) is 2.54. The van der Waals surface area contributed by atoms with Crippen molar-refractivity contribution in [1.82, 2.24) is 4.90 Å². The van der Waals surface area contributed by atoms with Gasteiger partial charge in [-0.25, -0.2) is 4.79 Å². The van der Waals surface area contributed by atoms with Crippen LogP contribution in [-0.2, 0) is 14.3 Å². The van der Waals surface area contributed by atoms with E-state index in [1.807, 2.05) is 0 Å². The summed E-state index contributed by atoms with van der Waals surface area (Å²) in [6.07, 6.45) is 0.997. The first-order valence-electron chi connectivity index (χ1n) is 6.92. The van der Waals surface area contributed by atoms with Crippen LogP contribution >= 0.6 is 0 Å². The van der Waals surface area contributed by atoms with Crippen molar-refractivity contribution in [3.8, 4) is 0 Å². The number of nitrogens with zero attached hydrogens (tertiary/aromatic N) is 1. The van der Waals surface area contributed by atoms with Crippen molar-refractivity contribution in [1.29, 1.82) is 0 Å². The largest absolute Gasteiger partial charge is 0.462 e. The van der Waals surface area contributed by atoms with E-state index in [0.717, 1.165) is 11.3 Å². The molecule has 0 spiro atoms. The summed E-state index contributed by atoms with van der Waals surface area (Å²) in [5.74, 6) is -1.11. The maximum atomic E-state index is 12.1. The van der Waals surface area contributed by atoms with Crippen molar-refractivity contribution in [2.24, 2.45) is 0 Å². The van der Waals surface area contributed by atoms with Crippen LogP contribution in [0.15, 0.2) is 24.3 Å². The minimum Gasteiger partial charge on any atom is -0.462 e. The number of imide groups is 1. The lowest BCUT2D eigenvalue weighted by molar-refractivity contribution is -0.154. The van der Waals surface area contributed by atoms with E-state index >= 15 is 0 Å². The van der Waals surface area contributed by atoms with E-state index in [-0.39, 0.29) is 25.0 Å². The quantitative estimate of drug-likeness (QED) is 0.611. The summed E-state index contributed by atoms with van der Waals surface area (Å²) in [6, 6.07) is 6.66. The molecule has 2 amide bonds. The Bertz CT molecular complexity index is 556. The van der Waals surface area contributed by atoms with Crippen LogP contribution in [0.3, 0.4) is 0 Å². The summed E-state index contributed by atoms with van der Waals surface area (Å²) in [5, 5.41) is 0. The monoisotopic (exact) mass is 289 g/mol. The lowest BCUT2D eigenvalue weighted by Crippen LogP contribution is -2.34. The van der Waals surface area contributed by atoms with Gasteiger partial charge in [0.2, 0.25) is 0 Å². The number of hydrogen-bond donors (Lipinski definition) is 0. The molecule has 6 heteroatoms. The van der Waals surface area contributed by atoms with Crippen LogP contribution in [0.5, 0.6) is 0 Å². The Kier molecular flexibility index (Phi) is 3.70. The van der Waals surface area contributed by atoms with Gasteiger partial charge in [0, 0.05) is 6.61 Å². The Morgan fingerprint density at radius 2 is 1.90 bits per heavy atom. The Labute approximate surface area is 121 Å². The van der Waals surface area contributed by atoms with Gasteiger partial charge < -0.3 is 9.47 Å². The number of benzene rings is 1. The number of rotatable bonds is 4. The summed E-state index contributed by atoms with van der Waals surface area (Å²) in [7, 11) is 0. The van der Waals surface area contributed by atoms with Crippen LogP contribution in [0, 0.1) is 0 Å². The van der Waals surface area contributed by atoms with E-state index in [1.54, 1.807) is 24.3 Å². The van der Waals surface area contributed by atoms with Gasteiger partial charge in [0.25, 0.3) is 11.8 Å². The fourth-order valence-electron chi connectivity index (χ4n) is 2.54. The summed E-state index contributed by atoms with van der Waals surface area (Å²) >= 11 is 0. The molecule has 0 unspecified atom stereocenters. The normalized spacial score (nSPS) is 20.8. The molecule has 1 fully saturated rings. The zero-order valence-corrected chi connectivity index (χ0v) is 11.4. The van der Waals surface area contributed by atoms with Crippen LogP contribution in [0.1, 0.15) is 33.6 Å². The average Bonchev–Trinajstić information content (AvgIpc) is 3.11. The van der Waals surface area contributed by atoms with Crippen molar-refractivity contribution in [3.05, 3.63) is 35.4 Å². The van der Waals surface area contributed by atoms with Gasteiger partial charge in [-0.1, -0.05) is 12.1 Å². The standard InChI is InChI=1S/C15H15NO5/c17-13-10-4-1-2-5-11(10)14(18)16(13)7-9-21-15(19)12-6-3-8-20-12/h1-2,4-5,12H,3,6-9H2/t12-/m0/s1. The van der Waals surface area contributed by atoms with Crippen LogP contribution in [0.25, 0.3) is 0 Å². The van der Waals surface area contributed by atoms with Crippen molar-refractivity contribution >= 4 is 17.8 Å². The molecule has 1 saturated heterocycles. The van der Waals surface area contributed by atoms with Crippen molar-refractivity contribution in [2.75, 3.05) is 19.8 Å². The molecule has 0 radical (unpaired) electrons. The van der Waals surface area contributed by atoms with Gasteiger partial charge in [-0.2, -0.15) is 0 Å². The molecule has 1 atom stereocenters. The van der Waals surface area contributed by atoms with E-state index < -0.39 is 12.1 Å². The van der Waals surface area contributed by atoms with Gasteiger partial charge in [-0.05, 0) is 25.0 Å². The average molecular weight is 289 g/mol. The van der Waals surface area contributed by atoms with Gasteiger partial charge in [0.15, 0.2) is 6.10 Å². The lowest BCUT2D eigenvalue weighted by atomic mass is 10.1. The van der Waals surface area contributed by atoms with Crippen molar-refractivity contribution in [2.45, 2.75) is 18.9 Å². The summed E-state index contributed by atoms with van der Waals surface area (Å²) in [5.41, 5.74) is 0.793. The minimum atomic E-state index is -0.507. The SMILES string of the molecule is O=C(OCCN1C(=O)c2ccccc2C1=O)[C@@H]1CCCO1. The molecule has 110 valence electrons. The fraction of sp³-hybridized carbons (Fsp3) is 0.400. The van der Waals surface area contributed by atoms with E-state index in [4.69, 9.17) is 9.47 Å². The van der Waals surface area contributed by atoms with Gasteiger partial charge in [0.05, 0.1) is 17.7 Å². The van der Waals surface area contributed by atoms with Crippen LogP contribution < -0.4 is 0 Å². The molecular formula is C15H15NO5. The fourth-order valence-corrected chi connectivity index (χ4v) is 2.54. The highest BCUT2D eigenvalue weighted by atomic mass is 16.6. The van der Waals surface area contributed by atoms with Crippen LogP contribution in [0.4, 0.5) is 0 Å². The third-order valence-electron chi connectivity index (χ3n) is 3.63. The second kappa shape index (κ2) is 5.65. The van der Waals surface area contributed by atoms with Gasteiger partial charge in [-0.15, -0.1) is 0 Å². The van der Waals surface area contributed by atoms with E-state index in [2.05, 4.69) is 0 Å². The van der Waals surface area contributed by atoms with E-state index in [0.29, 0.717) is 24.2 Å². The first-order chi connectivity index (χ1) is 10.2. The number of fused-ring (bicyclic) bond motifs is 1. The molecule has 0 N–H and O–H groups in total. The highest BCUT2D eigenvalue weighted by Gasteiger charge is 2.35. The number of ether oxygens (including phenoxy) is 2. The molecule has 21 heavy (non-hydrogen) atoms. The number of hydrogen-bond acceptors (Lipinski definition) is 5. The number of amides is 2. The molecule has 3 rings (SSSR count). The molecule has 0 saturated carbocycles. The maximum absolute atomic E-state index is 12.1. The summed E-state index contributed by atoms with van der Waals surface area (Å²) in [6.45, 7) is 0.618. The number of carbonyl (C=O) groups excluding carboxylic acids is 3. The molecule has 6 nitrogen and oxygen atoms in total. The minimum absolute atomic E-state index is 0.00976. The zero-order valence-electron chi connectivity index (χ0n) is 11.4. The lowest BCUT2D eigenvalue weighted by Gasteiger charge is -2.15. The second-order valence-corrected chi connectivity index (χ2v) is 4.98. The molecule has 2 aliphatic heterocycles. The number of carbonyl (C=O) groups is 3. The molecule has 1 aromatic carbocycles. The maximum Gasteiger partial charge on any atom is 0.335 e. The Balaban J connectivity index is 1.56. The highest BCUT2D eigenvalue weighted by Crippen LogP contribution is 2.22. The predicted octanol–water partition coefficient (Wildman–Crippen LogP) is 1.00. The zero-order chi connectivity index (χ0) is 14.8. The van der Waals surface area contributed by atoms with E-state index in [1.165, 1.54) is 0 Å². The smallest absolute Gasteiger partial charge is 0.335 e. The topological polar surface area (TPSA) is 72.9 Å². The third-order valence-corrected chi connectivity index (χ3v) is 3.63. The van der Waals surface area contributed by atoms with Gasteiger partial charge in [-0.3, -0.25) is 14.5 Å². The molecule has 2 heterocycles. The Morgan fingerprint density at radius 1 is 1.24 bits per heavy atom. The Morgan fingerprint density at radius 3 is 2.48 bits per heavy atom. The van der Waals surface area contributed by atoms with Crippen LogP contribution in [-0.4, -0.2) is 48.5 Å². The molecule has 0 aromatic heterocycles. The molecule has 1 aromatic rings. The molecule has 2 aliphatic rings. The Hall–Kier alpha value is -2.21. The first-order valence-corrected chi connectivity index (χ1v) is 6.92. The van der Waals surface area contributed by atoms with Gasteiger partial charge in [0.1, 0.15) is 6.61 Å². The molecular weight excluding hydrogens is 274 g/mol. The van der Waals surface area contributed by atoms with Crippen molar-refractivity contribution in [3.63, 3.8) is 0 Å². The molecule has 0 bridgehead atoms. The summed E-state index contributed by atoms with van der Waals surface area (Å²) < 4.78 is 10.3. The van der Waals surface area contributed by atoms with Crippen LogP contribution in [0.2, 0.25) is 0 Å². The van der Waals surface area contributed by atoms with Gasteiger partial charge >= 0.3 is 5.97 Å². The van der Waals surface area contributed by atoms with Crippen molar-refractivity contribution < 1.29 is 23.9 Å². The second-order valence-electron chi connectivity index (χ2n) is 4.98. The first kappa shape index (κ1) is 13.8. The highest BCUT2D eigenvalue weighted by molar-refractivity contribution is 6.21. The summed E-state index contributed by atoms with van der Waals surface area (Å²) in [4.78, 5) is 36.9. The molecule has 0 aliphatic carbocycles. The van der Waals surface area contributed by atoms with E-state index in [9.17, 15) is 14.4 Å².